The average Bonchev–Trinajstić information content (AvgIpc) is 1.25. The minimum atomic E-state index is -1.06. The van der Waals surface area contributed by atoms with Gasteiger partial charge in [-0.05, 0) is 5.41 Å². The summed E-state index contributed by atoms with van der Waals surface area (Å²) in [6.07, 6.45) is -1.06. The topological polar surface area (TPSA) is 0 Å². The van der Waals surface area contributed by atoms with Crippen molar-refractivity contribution in [3.63, 3.8) is 0 Å². The standard InChI is InChI=1S/C6H14/c1-5-6(2,3)4/h5H2,1-4H3/i5D2. The molecule has 0 aliphatic carbocycles. The van der Waals surface area contributed by atoms with Crippen LogP contribution >= 0.6 is 0 Å². The maximum absolute atomic E-state index is 7.25. The van der Waals surface area contributed by atoms with Crippen LogP contribution in [0.15, 0.2) is 0 Å². The molecule has 0 saturated carbocycles. The van der Waals surface area contributed by atoms with Gasteiger partial charge in [-0.25, -0.2) is 0 Å². The van der Waals surface area contributed by atoms with Crippen LogP contribution in [0.2, 0.25) is 0 Å². The van der Waals surface area contributed by atoms with Crippen molar-refractivity contribution in [1.82, 2.24) is 0 Å². The molecule has 0 aliphatic heterocycles. The lowest BCUT2D eigenvalue weighted by Gasteiger charge is -2.12. The molecule has 0 rings (SSSR count). The Hall–Kier alpha value is 0. The molecule has 0 aromatic carbocycles. The molecule has 0 heterocycles. The second-order valence-corrected chi connectivity index (χ2v) is 2.50. The summed E-state index contributed by atoms with van der Waals surface area (Å²) in [5, 5.41) is 0. The fourth-order valence-electron chi connectivity index (χ4n) is 0. The molecule has 0 radical (unpaired) electrons. The highest BCUT2D eigenvalue weighted by Crippen LogP contribution is 2.16. The highest BCUT2D eigenvalue weighted by Gasteiger charge is 2.03. The van der Waals surface area contributed by atoms with E-state index in [-0.39, 0.29) is 5.41 Å². The fourth-order valence-corrected chi connectivity index (χ4v) is 0. The zero-order chi connectivity index (χ0) is 7.00. The van der Waals surface area contributed by atoms with Crippen molar-refractivity contribution in [3.05, 3.63) is 0 Å². The SMILES string of the molecule is [2H]C([2H])(C)C(C)(C)C. The molecule has 0 nitrogen and oxygen atoms in total. The highest BCUT2D eigenvalue weighted by molar-refractivity contribution is 4.55. The molecule has 0 atom stereocenters. The van der Waals surface area contributed by atoms with Crippen LogP contribution in [0.25, 0.3) is 0 Å². The lowest BCUT2D eigenvalue weighted by Crippen LogP contribution is -2.00. The molecular formula is C6H14. The molecule has 0 N–H and O–H groups in total. The van der Waals surface area contributed by atoms with Crippen molar-refractivity contribution >= 4 is 0 Å². The van der Waals surface area contributed by atoms with E-state index in [0.717, 1.165) is 0 Å². The van der Waals surface area contributed by atoms with Crippen LogP contribution in [0.5, 0.6) is 0 Å². The van der Waals surface area contributed by atoms with E-state index in [1.54, 1.807) is 6.92 Å². The Morgan fingerprint density at radius 2 is 1.67 bits per heavy atom. The Morgan fingerprint density at radius 1 is 1.50 bits per heavy atom. The first-order valence-corrected chi connectivity index (χ1v) is 2.25. The third kappa shape index (κ3) is 4.00. The van der Waals surface area contributed by atoms with E-state index < -0.39 is 6.37 Å². The van der Waals surface area contributed by atoms with Crippen molar-refractivity contribution in [1.29, 1.82) is 0 Å². The first-order chi connectivity index (χ1) is 3.25. The first kappa shape index (κ1) is 3.06. The smallest absolute Gasteiger partial charge is 0.0269 e. The van der Waals surface area contributed by atoms with Gasteiger partial charge in [0.1, 0.15) is 0 Å². The predicted molar refractivity (Wildman–Crippen MR) is 29.7 cm³/mol. The van der Waals surface area contributed by atoms with Crippen molar-refractivity contribution in [3.8, 4) is 0 Å². The minimum absolute atomic E-state index is 0.229. The Kier molecular flexibility index (Phi) is 0.833. The summed E-state index contributed by atoms with van der Waals surface area (Å²) in [6.45, 7) is 7.29. The van der Waals surface area contributed by atoms with Gasteiger partial charge in [-0.3, -0.25) is 0 Å². The summed E-state index contributed by atoms with van der Waals surface area (Å²) in [5.74, 6) is 0. The largest absolute Gasteiger partial charge is 0.0649 e. The molecule has 0 bridgehead atoms. The van der Waals surface area contributed by atoms with Crippen LogP contribution in [0, 0.1) is 5.41 Å². The normalized spacial score (nSPS) is 19.3. The number of hydrogen-bond acceptors (Lipinski definition) is 0. The van der Waals surface area contributed by atoms with Gasteiger partial charge in [0.15, 0.2) is 0 Å². The monoisotopic (exact) mass is 88.1 g/mol. The zero-order valence-electron chi connectivity index (χ0n) is 7.00. The van der Waals surface area contributed by atoms with Gasteiger partial charge in [0, 0.05) is 2.74 Å². The molecular weight excluding hydrogens is 72.1 g/mol. The molecule has 0 amide bonds. The van der Waals surface area contributed by atoms with Crippen molar-refractivity contribution in [2.24, 2.45) is 5.41 Å². The van der Waals surface area contributed by atoms with E-state index in [1.807, 2.05) is 20.8 Å². The van der Waals surface area contributed by atoms with E-state index >= 15 is 0 Å². The summed E-state index contributed by atoms with van der Waals surface area (Å²) in [7, 11) is 0. The quantitative estimate of drug-likeness (QED) is 0.426. The lowest BCUT2D eigenvalue weighted by atomic mass is 9.94. The number of rotatable bonds is 0. The molecule has 0 aromatic heterocycles. The Labute approximate surface area is 43.4 Å². The first-order valence-electron chi connectivity index (χ1n) is 3.25. The number of hydrogen-bond donors (Lipinski definition) is 0. The Balaban J connectivity index is 4.02. The van der Waals surface area contributed by atoms with E-state index in [1.165, 1.54) is 0 Å². The minimum Gasteiger partial charge on any atom is -0.0649 e. The molecule has 0 unspecified atom stereocenters. The van der Waals surface area contributed by atoms with Gasteiger partial charge < -0.3 is 0 Å². The molecule has 6 heavy (non-hydrogen) atoms. The third-order valence-corrected chi connectivity index (χ3v) is 0.750. The van der Waals surface area contributed by atoms with Crippen LogP contribution in [-0.2, 0) is 0 Å². The summed E-state index contributed by atoms with van der Waals surface area (Å²) >= 11 is 0. The van der Waals surface area contributed by atoms with Gasteiger partial charge in [0.05, 0.1) is 0 Å². The van der Waals surface area contributed by atoms with Gasteiger partial charge in [0.25, 0.3) is 0 Å². The van der Waals surface area contributed by atoms with E-state index in [0.29, 0.717) is 0 Å². The lowest BCUT2D eigenvalue weighted by molar-refractivity contribution is 0.398. The Morgan fingerprint density at radius 3 is 1.67 bits per heavy atom. The second-order valence-electron chi connectivity index (χ2n) is 2.50. The molecule has 38 valence electrons. The van der Waals surface area contributed by atoms with E-state index in [2.05, 4.69) is 0 Å². The summed E-state index contributed by atoms with van der Waals surface area (Å²) in [4.78, 5) is 0. The average molecular weight is 88.2 g/mol. The fraction of sp³-hybridized carbons (Fsp3) is 1.00. The van der Waals surface area contributed by atoms with Crippen LogP contribution in [0.3, 0.4) is 0 Å². The van der Waals surface area contributed by atoms with Crippen LogP contribution in [0.4, 0.5) is 0 Å². The molecule has 0 spiro atoms. The molecule has 0 fully saturated rings. The summed E-state index contributed by atoms with van der Waals surface area (Å²) in [6, 6.07) is 0. The van der Waals surface area contributed by atoms with Crippen LogP contribution < -0.4 is 0 Å². The van der Waals surface area contributed by atoms with Gasteiger partial charge in [-0.2, -0.15) is 0 Å². The summed E-state index contributed by atoms with van der Waals surface area (Å²) < 4.78 is 14.5. The maximum atomic E-state index is 7.25. The van der Waals surface area contributed by atoms with Crippen LogP contribution in [0.1, 0.15) is 36.8 Å². The third-order valence-electron chi connectivity index (χ3n) is 0.750. The molecule has 0 aliphatic rings. The second kappa shape index (κ2) is 1.63. The van der Waals surface area contributed by atoms with Gasteiger partial charge in [-0.1, -0.05) is 34.1 Å². The maximum Gasteiger partial charge on any atom is 0.0269 e. The van der Waals surface area contributed by atoms with Crippen molar-refractivity contribution < 1.29 is 2.74 Å². The summed E-state index contributed by atoms with van der Waals surface area (Å²) in [5.41, 5.74) is -0.229. The van der Waals surface area contributed by atoms with Gasteiger partial charge >= 0.3 is 0 Å². The molecule has 0 saturated heterocycles. The molecule has 0 heteroatoms. The van der Waals surface area contributed by atoms with Gasteiger partial charge in [-0.15, -0.1) is 0 Å². The zero-order valence-corrected chi connectivity index (χ0v) is 5.00. The highest BCUT2D eigenvalue weighted by atomic mass is 14.1. The van der Waals surface area contributed by atoms with Crippen molar-refractivity contribution in [2.45, 2.75) is 34.1 Å². The van der Waals surface area contributed by atoms with E-state index in [9.17, 15) is 0 Å². The molecule has 0 aromatic rings. The van der Waals surface area contributed by atoms with Crippen LogP contribution in [-0.4, -0.2) is 0 Å². The van der Waals surface area contributed by atoms with Crippen molar-refractivity contribution in [2.75, 3.05) is 0 Å². The Bertz CT molecular complexity index is 61.5. The predicted octanol–water partition coefficient (Wildman–Crippen LogP) is 2.44. The van der Waals surface area contributed by atoms with E-state index in [4.69, 9.17) is 2.74 Å². The van der Waals surface area contributed by atoms with Gasteiger partial charge in [0.2, 0.25) is 0 Å².